The number of aryl methyl sites for hydroxylation is 2. The molecule has 0 bridgehead atoms. The molecule has 3 heterocycles. The summed E-state index contributed by atoms with van der Waals surface area (Å²) >= 11 is 6.84. The summed E-state index contributed by atoms with van der Waals surface area (Å²) in [6, 6.07) is 7.31. The van der Waals surface area contributed by atoms with Crippen molar-refractivity contribution in [2.75, 3.05) is 45.2 Å². The molecule has 1 saturated heterocycles. The van der Waals surface area contributed by atoms with Crippen LogP contribution < -0.4 is 15.4 Å². The number of aromatic nitrogens is 3. The van der Waals surface area contributed by atoms with Crippen LogP contribution in [0.15, 0.2) is 28.8 Å². The van der Waals surface area contributed by atoms with Crippen molar-refractivity contribution in [3.05, 3.63) is 40.7 Å². The van der Waals surface area contributed by atoms with Gasteiger partial charge < -0.3 is 25.0 Å². The molecule has 0 saturated carbocycles. The van der Waals surface area contributed by atoms with Gasteiger partial charge in [-0.25, -0.2) is 18.7 Å². The molecule has 9 nitrogen and oxygen atoms in total. The molecule has 3 aromatic rings. The predicted molar refractivity (Wildman–Crippen MR) is 142 cm³/mol. The lowest BCUT2D eigenvalue weighted by molar-refractivity contribution is 0.0769. The van der Waals surface area contributed by atoms with Crippen molar-refractivity contribution in [1.82, 2.24) is 25.3 Å². The van der Waals surface area contributed by atoms with Gasteiger partial charge >= 0.3 is 0 Å². The summed E-state index contributed by atoms with van der Waals surface area (Å²) in [6.45, 7) is 5.07. The minimum absolute atomic E-state index is 0.0185. The molecule has 3 N–H and O–H groups in total. The van der Waals surface area contributed by atoms with Crippen LogP contribution in [0.25, 0.3) is 22.6 Å². The van der Waals surface area contributed by atoms with E-state index >= 15 is 0 Å². The van der Waals surface area contributed by atoms with Crippen molar-refractivity contribution in [3.63, 3.8) is 0 Å². The first-order valence-electron chi connectivity index (χ1n) is 12.6. The fourth-order valence-corrected chi connectivity index (χ4v) is 4.75. The number of aliphatic hydroxyl groups excluding tert-OH is 1. The van der Waals surface area contributed by atoms with E-state index in [1.807, 2.05) is 19.1 Å². The average molecular weight is 551 g/mol. The van der Waals surface area contributed by atoms with Crippen LogP contribution in [0, 0.1) is 13.8 Å². The third kappa shape index (κ3) is 6.96. The number of nitrogens with zero attached hydrogens (tertiary/aromatic N) is 4. The summed E-state index contributed by atoms with van der Waals surface area (Å²) in [5, 5.41) is 20.7. The molecule has 1 unspecified atom stereocenters. The summed E-state index contributed by atoms with van der Waals surface area (Å²) in [6.07, 6.45) is -1.63. The number of benzene rings is 1. The lowest BCUT2D eigenvalue weighted by atomic mass is 10.0. The Morgan fingerprint density at radius 3 is 2.66 bits per heavy atom. The van der Waals surface area contributed by atoms with E-state index < -0.39 is 12.5 Å². The smallest absolute Gasteiger partial charge is 0.251 e. The van der Waals surface area contributed by atoms with Gasteiger partial charge in [0.05, 0.1) is 17.8 Å². The number of halogens is 3. The molecule has 1 atom stereocenters. The van der Waals surface area contributed by atoms with Gasteiger partial charge in [0.15, 0.2) is 5.82 Å². The van der Waals surface area contributed by atoms with Crippen molar-refractivity contribution in [3.8, 4) is 28.4 Å². The van der Waals surface area contributed by atoms with Crippen LogP contribution in [0.2, 0.25) is 5.02 Å². The van der Waals surface area contributed by atoms with Gasteiger partial charge in [0.1, 0.15) is 40.8 Å². The maximum absolute atomic E-state index is 12.8. The van der Waals surface area contributed by atoms with Gasteiger partial charge in [0.25, 0.3) is 6.43 Å². The highest BCUT2D eigenvalue weighted by Crippen LogP contribution is 2.37. The average Bonchev–Trinajstić information content (AvgIpc) is 3.22. The number of likely N-dealkylation sites (N-methyl/N-ethyl adjacent to an activating group) is 1. The topological polar surface area (TPSA) is 109 Å². The molecular weight excluding hydrogens is 518 g/mol. The molecule has 0 spiro atoms. The molecule has 38 heavy (non-hydrogen) atoms. The molecule has 0 amide bonds. The number of nitrogens with one attached hydrogen (secondary N) is 2. The molecule has 0 aliphatic carbocycles. The lowest BCUT2D eigenvalue weighted by Crippen LogP contribution is -2.41. The molecule has 4 rings (SSSR count). The molecule has 1 aromatic carbocycles. The standard InChI is InChI=1S/C26H33ClF2N6O3/c1-15-22(16(2)38-34-15)24-23(27)26(31-18-7-9-35(10-8-18)13-21(28)29)33-25(32-24)17-5-4-6-20(11-17)37-14-19(36)12-30-3/h4-6,11,18-19,21,30,36H,7-10,12-14H2,1-3H3,(H,31,32,33). The monoisotopic (exact) mass is 550 g/mol. The Bertz CT molecular complexity index is 1200. The second kappa shape index (κ2) is 12.8. The highest BCUT2D eigenvalue weighted by Gasteiger charge is 2.25. The van der Waals surface area contributed by atoms with Crippen molar-refractivity contribution < 1.29 is 23.1 Å². The third-order valence-electron chi connectivity index (χ3n) is 6.42. The summed E-state index contributed by atoms with van der Waals surface area (Å²) in [4.78, 5) is 11.3. The Morgan fingerprint density at radius 2 is 2.00 bits per heavy atom. The molecule has 1 aliphatic rings. The number of rotatable bonds is 11. The van der Waals surface area contributed by atoms with Crippen LogP contribution in [0.1, 0.15) is 24.3 Å². The minimum atomic E-state index is -2.35. The van der Waals surface area contributed by atoms with Crippen molar-refractivity contribution in [1.29, 1.82) is 0 Å². The van der Waals surface area contributed by atoms with E-state index in [1.165, 1.54) is 0 Å². The molecular formula is C26H33ClF2N6O3. The molecule has 0 radical (unpaired) electrons. The Labute approximate surface area is 225 Å². The van der Waals surface area contributed by atoms with Gasteiger partial charge in [-0.05, 0) is 45.9 Å². The summed E-state index contributed by atoms with van der Waals surface area (Å²) in [7, 11) is 1.76. The number of aliphatic hydroxyl groups is 1. The van der Waals surface area contributed by atoms with Crippen LogP contribution in [0.5, 0.6) is 5.75 Å². The normalized spacial score (nSPS) is 15.7. The second-order valence-electron chi connectivity index (χ2n) is 9.42. The highest BCUT2D eigenvalue weighted by atomic mass is 35.5. The van der Waals surface area contributed by atoms with E-state index in [0.717, 1.165) is 0 Å². The third-order valence-corrected chi connectivity index (χ3v) is 6.78. The quantitative estimate of drug-likeness (QED) is 0.324. The largest absolute Gasteiger partial charge is 0.491 e. The van der Waals surface area contributed by atoms with Gasteiger partial charge in [0.2, 0.25) is 0 Å². The number of likely N-dealkylation sites (tertiary alicyclic amines) is 1. The molecule has 1 aliphatic heterocycles. The van der Waals surface area contributed by atoms with Crippen LogP contribution in [-0.2, 0) is 0 Å². The fourth-order valence-electron chi connectivity index (χ4n) is 4.52. The summed E-state index contributed by atoms with van der Waals surface area (Å²) in [5.74, 6) is 2.02. The van der Waals surface area contributed by atoms with E-state index in [-0.39, 0.29) is 19.2 Å². The summed E-state index contributed by atoms with van der Waals surface area (Å²) < 4.78 is 36.7. The van der Waals surface area contributed by atoms with Crippen LogP contribution >= 0.6 is 11.6 Å². The maximum atomic E-state index is 12.8. The Balaban J connectivity index is 1.64. The molecule has 2 aromatic heterocycles. The maximum Gasteiger partial charge on any atom is 0.251 e. The zero-order valence-corrected chi connectivity index (χ0v) is 22.4. The number of ether oxygens (including phenoxy) is 1. The fraction of sp³-hybridized carbons (Fsp3) is 0.500. The molecule has 1 fully saturated rings. The Morgan fingerprint density at radius 1 is 1.24 bits per heavy atom. The van der Waals surface area contributed by atoms with E-state index in [1.54, 1.807) is 31.0 Å². The number of alkyl halides is 2. The van der Waals surface area contributed by atoms with Crippen molar-refractivity contribution >= 4 is 17.4 Å². The first-order valence-corrected chi connectivity index (χ1v) is 13.0. The van der Waals surface area contributed by atoms with Gasteiger partial charge in [0, 0.05) is 31.2 Å². The first kappa shape index (κ1) is 28.2. The molecule has 12 heteroatoms. The van der Waals surface area contributed by atoms with Crippen molar-refractivity contribution in [2.24, 2.45) is 0 Å². The SMILES string of the molecule is CNCC(O)COc1cccc(-c2nc(NC3CCN(CC(F)F)CC3)c(Cl)c(-c3c(C)noc3C)n2)c1. The van der Waals surface area contributed by atoms with Crippen molar-refractivity contribution in [2.45, 2.75) is 45.3 Å². The van der Waals surface area contributed by atoms with E-state index in [4.69, 9.17) is 30.8 Å². The van der Waals surface area contributed by atoms with E-state index in [2.05, 4.69) is 15.8 Å². The first-order chi connectivity index (χ1) is 18.2. The van der Waals surface area contributed by atoms with Gasteiger partial charge in [-0.3, -0.25) is 4.90 Å². The number of piperidine rings is 1. The van der Waals surface area contributed by atoms with Crippen LogP contribution in [0.4, 0.5) is 14.6 Å². The van der Waals surface area contributed by atoms with Crippen LogP contribution in [0.3, 0.4) is 0 Å². The van der Waals surface area contributed by atoms with Crippen LogP contribution in [-0.4, -0.2) is 83.5 Å². The zero-order chi connectivity index (χ0) is 27.2. The number of anilines is 1. The Hall–Kier alpha value is -2.86. The second-order valence-corrected chi connectivity index (χ2v) is 9.80. The lowest BCUT2D eigenvalue weighted by Gasteiger charge is -2.32. The van der Waals surface area contributed by atoms with Gasteiger partial charge in [-0.1, -0.05) is 28.9 Å². The highest BCUT2D eigenvalue weighted by molar-refractivity contribution is 6.35. The van der Waals surface area contributed by atoms with E-state index in [0.29, 0.717) is 83.2 Å². The van der Waals surface area contributed by atoms with E-state index in [9.17, 15) is 13.9 Å². The minimum Gasteiger partial charge on any atom is -0.491 e. The summed E-state index contributed by atoms with van der Waals surface area (Å²) in [5.41, 5.74) is 2.53. The van der Waals surface area contributed by atoms with Gasteiger partial charge in [-0.15, -0.1) is 0 Å². The number of hydrogen-bond acceptors (Lipinski definition) is 9. The van der Waals surface area contributed by atoms with Gasteiger partial charge in [-0.2, -0.15) is 0 Å². The molecule has 206 valence electrons. The zero-order valence-electron chi connectivity index (χ0n) is 21.7. The Kier molecular flexibility index (Phi) is 9.48. The number of hydrogen-bond donors (Lipinski definition) is 3. The predicted octanol–water partition coefficient (Wildman–Crippen LogP) is 4.17.